The van der Waals surface area contributed by atoms with Crippen molar-refractivity contribution in [1.29, 1.82) is 0 Å². The number of amides is 1. The van der Waals surface area contributed by atoms with E-state index in [0.29, 0.717) is 12.1 Å². The summed E-state index contributed by atoms with van der Waals surface area (Å²) < 4.78 is 0. The molecule has 1 aliphatic carbocycles. The molecule has 2 unspecified atom stereocenters. The number of likely N-dealkylation sites (N-methyl/N-ethyl adjacent to an activating group) is 1. The van der Waals surface area contributed by atoms with Gasteiger partial charge in [-0.05, 0) is 49.0 Å². The quantitative estimate of drug-likeness (QED) is 0.626. The van der Waals surface area contributed by atoms with Gasteiger partial charge in [-0.3, -0.25) is 4.79 Å². The summed E-state index contributed by atoms with van der Waals surface area (Å²) in [4.78, 5) is 18.1. The van der Waals surface area contributed by atoms with Crippen molar-refractivity contribution < 1.29 is 4.79 Å². The Kier molecular flexibility index (Phi) is 6.83. The molecule has 142 valence electrons. The van der Waals surface area contributed by atoms with Gasteiger partial charge in [-0.15, -0.1) is 0 Å². The van der Waals surface area contributed by atoms with Crippen LogP contribution in [0.15, 0.2) is 29.3 Å². The zero-order valence-electron chi connectivity index (χ0n) is 15.8. The smallest absolute Gasteiger partial charge is 0.243 e. The molecule has 0 aromatic heterocycles. The molecule has 0 bridgehead atoms. The number of carbonyl (C=O) groups excluding carboxylic acids is 1. The van der Waals surface area contributed by atoms with Gasteiger partial charge in [0, 0.05) is 31.9 Å². The van der Waals surface area contributed by atoms with E-state index in [9.17, 15) is 4.79 Å². The molecule has 1 heterocycles. The van der Waals surface area contributed by atoms with E-state index >= 15 is 0 Å². The fraction of sp³-hybridized carbons (Fsp3) is 0.600. The van der Waals surface area contributed by atoms with Gasteiger partial charge in [0.15, 0.2) is 5.96 Å². The molecule has 0 saturated carbocycles. The first-order valence-electron chi connectivity index (χ1n) is 9.54. The van der Waals surface area contributed by atoms with Crippen LogP contribution >= 0.6 is 11.8 Å². The van der Waals surface area contributed by atoms with E-state index < -0.39 is 0 Å². The SMILES string of the molecule is CN(C)C(=O)CN=C(NC1CCCSC1)NC1CCc2ccccc2C1. The van der Waals surface area contributed by atoms with E-state index in [1.165, 1.54) is 29.7 Å². The molecule has 1 saturated heterocycles. The number of rotatable bonds is 4. The summed E-state index contributed by atoms with van der Waals surface area (Å²) >= 11 is 1.99. The highest BCUT2D eigenvalue weighted by atomic mass is 32.2. The maximum atomic E-state index is 12.0. The van der Waals surface area contributed by atoms with Crippen LogP contribution in [0.1, 0.15) is 30.4 Å². The van der Waals surface area contributed by atoms with E-state index in [2.05, 4.69) is 39.9 Å². The number of nitrogens with one attached hydrogen (secondary N) is 2. The third-order valence-corrected chi connectivity index (χ3v) is 6.28. The maximum absolute atomic E-state index is 12.0. The lowest BCUT2D eigenvalue weighted by molar-refractivity contribution is -0.127. The first kappa shape index (κ1) is 19.1. The van der Waals surface area contributed by atoms with Crippen LogP contribution in [0.2, 0.25) is 0 Å². The first-order chi connectivity index (χ1) is 12.6. The van der Waals surface area contributed by atoms with Crippen LogP contribution in [0.4, 0.5) is 0 Å². The molecule has 2 aliphatic rings. The van der Waals surface area contributed by atoms with Gasteiger partial charge in [0.1, 0.15) is 6.54 Å². The summed E-state index contributed by atoms with van der Waals surface area (Å²) in [5.41, 5.74) is 2.89. The van der Waals surface area contributed by atoms with Gasteiger partial charge < -0.3 is 15.5 Å². The predicted octanol–water partition coefficient (Wildman–Crippen LogP) is 2.06. The van der Waals surface area contributed by atoms with E-state index in [-0.39, 0.29) is 12.5 Å². The van der Waals surface area contributed by atoms with E-state index in [4.69, 9.17) is 0 Å². The number of hydrogen-bond acceptors (Lipinski definition) is 3. The van der Waals surface area contributed by atoms with Gasteiger partial charge in [0.25, 0.3) is 0 Å². The second-order valence-corrected chi connectivity index (χ2v) is 8.51. The number of carbonyl (C=O) groups is 1. The van der Waals surface area contributed by atoms with Crippen molar-refractivity contribution in [3.8, 4) is 0 Å². The number of fused-ring (bicyclic) bond motifs is 1. The number of benzene rings is 1. The van der Waals surface area contributed by atoms with Crippen LogP contribution in [-0.4, -0.2) is 61.0 Å². The molecule has 1 aromatic carbocycles. The lowest BCUT2D eigenvalue weighted by atomic mass is 9.88. The minimum atomic E-state index is 0.0260. The minimum absolute atomic E-state index is 0.0260. The lowest BCUT2D eigenvalue weighted by Gasteiger charge is -2.30. The highest BCUT2D eigenvalue weighted by molar-refractivity contribution is 7.99. The normalized spacial score (nSPS) is 23.1. The summed E-state index contributed by atoms with van der Waals surface area (Å²) in [6, 6.07) is 9.49. The van der Waals surface area contributed by atoms with Gasteiger partial charge in [0.2, 0.25) is 5.91 Å². The molecule has 2 N–H and O–H groups in total. The van der Waals surface area contributed by atoms with E-state index in [1.807, 2.05) is 11.8 Å². The number of nitrogens with zero attached hydrogens (tertiary/aromatic N) is 2. The topological polar surface area (TPSA) is 56.7 Å². The zero-order chi connectivity index (χ0) is 18.4. The summed E-state index contributed by atoms with van der Waals surface area (Å²) in [5, 5.41) is 7.17. The number of hydrogen-bond donors (Lipinski definition) is 2. The molecule has 1 amide bonds. The largest absolute Gasteiger partial charge is 0.353 e. The highest BCUT2D eigenvalue weighted by Gasteiger charge is 2.21. The van der Waals surface area contributed by atoms with Gasteiger partial charge in [-0.2, -0.15) is 11.8 Å². The average molecular weight is 375 g/mol. The fourth-order valence-corrected chi connectivity index (χ4v) is 4.56. The third-order valence-electron chi connectivity index (χ3n) is 5.06. The van der Waals surface area contributed by atoms with E-state index in [0.717, 1.165) is 31.0 Å². The number of aryl methyl sites for hydroxylation is 1. The molecular formula is C20H30N4OS. The van der Waals surface area contributed by atoms with Gasteiger partial charge in [-0.25, -0.2) is 4.99 Å². The van der Waals surface area contributed by atoms with Crippen LogP contribution in [0.5, 0.6) is 0 Å². The number of thioether (sulfide) groups is 1. The Morgan fingerprint density at radius 2 is 1.96 bits per heavy atom. The van der Waals surface area contributed by atoms with Crippen LogP contribution < -0.4 is 10.6 Å². The molecular weight excluding hydrogens is 344 g/mol. The zero-order valence-corrected chi connectivity index (χ0v) is 16.6. The van der Waals surface area contributed by atoms with E-state index in [1.54, 1.807) is 19.0 Å². The van der Waals surface area contributed by atoms with Crippen LogP contribution in [0.25, 0.3) is 0 Å². The van der Waals surface area contributed by atoms with Crippen molar-refractivity contribution in [2.75, 3.05) is 32.1 Å². The summed E-state index contributed by atoms with van der Waals surface area (Å²) in [6.07, 6.45) is 5.61. The van der Waals surface area contributed by atoms with Crippen LogP contribution in [-0.2, 0) is 17.6 Å². The van der Waals surface area contributed by atoms with Crippen LogP contribution in [0, 0.1) is 0 Å². The Balaban J connectivity index is 1.64. The monoisotopic (exact) mass is 374 g/mol. The van der Waals surface area contributed by atoms with Crippen LogP contribution in [0.3, 0.4) is 0 Å². The molecule has 2 atom stereocenters. The second kappa shape index (κ2) is 9.31. The predicted molar refractivity (Wildman–Crippen MR) is 110 cm³/mol. The molecule has 6 heteroatoms. The van der Waals surface area contributed by atoms with Crippen molar-refractivity contribution >= 4 is 23.6 Å². The summed E-state index contributed by atoms with van der Waals surface area (Å²) in [6.45, 7) is 0.186. The maximum Gasteiger partial charge on any atom is 0.243 e. The molecule has 1 fully saturated rings. The van der Waals surface area contributed by atoms with Crippen molar-refractivity contribution in [3.63, 3.8) is 0 Å². The van der Waals surface area contributed by atoms with Crippen molar-refractivity contribution in [1.82, 2.24) is 15.5 Å². The van der Waals surface area contributed by atoms with Gasteiger partial charge in [-0.1, -0.05) is 24.3 Å². The molecule has 0 radical (unpaired) electrons. The van der Waals surface area contributed by atoms with Crippen molar-refractivity contribution in [2.24, 2.45) is 4.99 Å². The Labute approximate surface area is 161 Å². The molecule has 3 rings (SSSR count). The first-order valence-corrected chi connectivity index (χ1v) is 10.7. The molecule has 5 nitrogen and oxygen atoms in total. The Bertz CT molecular complexity index is 640. The average Bonchev–Trinajstić information content (AvgIpc) is 2.66. The number of guanidine groups is 1. The Hall–Kier alpha value is -1.69. The molecule has 1 aliphatic heterocycles. The van der Waals surface area contributed by atoms with Gasteiger partial charge in [0.05, 0.1) is 0 Å². The summed E-state index contributed by atoms with van der Waals surface area (Å²) in [7, 11) is 3.54. The molecule has 1 aromatic rings. The van der Waals surface area contributed by atoms with Crippen molar-refractivity contribution in [3.05, 3.63) is 35.4 Å². The summed E-state index contributed by atoms with van der Waals surface area (Å²) in [5.74, 6) is 3.17. The van der Waals surface area contributed by atoms with Gasteiger partial charge >= 0.3 is 0 Å². The highest BCUT2D eigenvalue weighted by Crippen LogP contribution is 2.21. The second-order valence-electron chi connectivity index (χ2n) is 7.36. The van der Waals surface area contributed by atoms with Crippen molar-refractivity contribution in [2.45, 2.75) is 44.2 Å². The standard InChI is InChI=1S/C20H30N4OS/c1-24(2)19(25)13-21-20(23-18-8-5-11-26-14-18)22-17-10-9-15-6-3-4-7-16(15)12-17/h3-4,6-7,17-18H,5,8-14H2,1-2H3,(H2,21,22,23). The fourth-order valence-electron chi connectivity index (χ4n) is 3.48. The minimum Gasteiger partial charge on any atom is -0.353 e. The Morgan fingerprint density at radius 3 is 2.69 bits per heavy atom. The molecule has 26 heavy (non-hydrogen) atoms. The lowest BCUT2D eigenvalue weighted by Crippen LogP contribution is -2.50. The Morgan fingerprint density at radius 1 is 1.19 bits per heavy atom. The number of aliphatic imine (C=N–C) groups is 1. The third kappa shape index (κ3) is 5.40. The molecule has 0 spiro atoms.